The van der Waals surface area contributed by atoms with Gasteiger partial charge in [-0.2, -0.15) is 5.10 Å². The molecule has 2 aromatic rings. The standard InChI is InChI=1S/C20H23ClN4O3/c1-13(26)24-7-4-16(5-8-24)28-19-3-2-15(21)10-17(19)20(27)25-9-6-18-14(12-25)11-22-23-18/h2-3,10-11,16H,4-9,12H2,1H3,(H,22,23). The molecule has 8 heteroatoms. The third kappa shape index (κ3) is 3.85. The van der Waals surface area contributed by atoms with Crippen molar-refractivity contribution >= 4 is 23.4 Å². The monoisotopic (exact) mass is 402 g/mol. The number of carbonyl (C=O) groups excluding carboxylic acids is 2. The van der Waals surface area contributed by atoms with Crippen molar-refractivity contribution in [2.75, 3.05) is 19.6 Å². The predicted octanol–water partition coefficient (Wildman–Crippen LogP) is 2.65. The molecule has 0 unspecified atom stereocenters. The lowest BCUT2D eigenvalue weighted by molar-refractivity contribution is -0.130. The molecule has 1 aromatic carbocycles. The van der Waals surface area contributed by atoms with E-state index in [0.717, 1.165) is 30.5 Å². The van der Waals surface area contributed by atoms with Gasteiger partial charge in [0.1, 0.15) is 11.9 Å². The summed E-state index contributed by atoms with van der Waals surface area (Å²) in [5, 5.41) is 7.55. The van der Waals surface area contributed by atoms with Gasteiger partial charge in [-0.25, -0.2) is 0 Å². The second kappa shape index (κ2) is 7.83. The van der Waals surface area contributed by atoms with Crippen LogP contribution in [-0.2, 0) is 17.8 Å². The van der Waals surface area contributed by atoms with E-state index in [0.29, 0.717) is 42.5 Å². The summed E-state index contributed by atoms with van der Waals surface area (Å²) in [4.78, 5) is 28.3. The van der Waals surface area contributed by atoms with Gasteiger partial charge in [-0.1, -0.05) is 11.6 Å². The molecule has 0 atom stereocenters. The van der Waals surface area contributed by atoms with Crippen molar-refractivity contribution in [2.24, 2.45) is 0 Å². The fourth-order valence-electron chi connectivity index (χ4n) is 3.81. The number of hydrogen-bond acceptors (Lipinski definition) is 4. The number of rotatable bonds is 3. The number of hydrogen-bond donors (Lipinski definition) is 1. The first-order valence-corrected chi connectivity index (χ1v) is 9.91. The zero-order valence-corrected chi connectivity index (χ0v) is 16.5. The van der Waals surface area contributed by atoms with E-state index < -0.39 is 0 Å². The van der Waals surface area contributed by atoms with Crippen molar-refractivity contribution in [1.82, 2.24) is 20.0 Å². The molecule has 0 saturated carbocycles. The van der Waals surface area contributed by atoms with Crippen LogP contribution in [-0.4, -0.2) is 57.5 Å². The third-order valence-electron chi connectivity index (χ3n) is 5.44. The largest absolute Gasteiger partial charge is 0.489 e. The minimum Gasteiger partial charge on any atom is -0.489 e. The first kappa shape index (κ1) is 18.8. The number of benzene rings is 1. The van der Waals surface area contributed by atoms with Gasteiger partial charge in [-0.05, 0) is 18.2 Å². The van der Waals surface area contributed by atoms with E-state index in [4.69, 9.17) is 16.3 Å². The van der Waals surface area contributed by atoms with Crippen LogP contribution in [0.25, 0.3) is 0 Å². The molecule has 1 saturated heterocycles. The van der Waals surface area contributed by atoms with Gasteiger partial charge in [-0.3, -0.25) is 14.7 Å². The number of carbonyl (C=O) groups is 2. The molecular formula is C20H23ClN4O3. The number of ether oxygens (including phenoxy) is 1. The third-order valence-corrected chi connectivity index (χ3v) is 5.68. The molecule has 3 heterocycles. The van der Waals surface area contributed by atoms with E-state index in [-0.39, 0.29) is 17.9 Å². The number of fused-ring (bicyclic) bond motifs is 1. The molecule has 1 N–H and O–H groups in total. The number of nitrogens with one attached hydrogen (secondary N) is 1. The average molecular weight is 403 g/mol. The molecule has 2 aliphatic heterocycles. The molecule has 148 valence electrons. The van der Waals surface area contributed by atoms with Crippen molar-refractivity contribution in [3.05, 3.63) is 46.2 Å². The van der Waals surface area contributed by atoms with E-state index in [1.807, 2.05) is 4.90 Å². The summed E-state index contributed by atoms with van der Waals surface area (Å²) >= 11 is 6.17. The Hall–Kier alpha value is -2.54. The molecule has 4 rings (SSSR count). The van der Waals surface area contributed by atoms with Crippen molar-refractivity contribution in [1.29, 1.82) is 0 Å². The predicted molar refractivity (Wildman–Crippen MR) is 104 cm³/mol. The summed E-state index contributed by atoms with van der Waals surface area (Å²) in [5.74, 6) is 0.545. The molecule has 0 radical (unpaired) electrons. The van der Waals surface area contributed by atoms with Crippen LogP contribution in [0.15, 0.2) is 24.4 Å². The van der Waals surface area contributed by atoms with Gasteiger partial charge < -0.3 is 14.5 Å². The van der Waals surface area contributed by atoms with Gasteiger partial charge in [0.05, 0.1) is 11.8 Å². The molecule has 1 fully saturated rings. The lowest BCUT2D eigenvalue weighted by Gasteiger charge is -2.32. The Bertz CT molecular complexity index is 889. The molecule has 7 nitrogen and oxygen atoms in total. The fourth-order valence-corrected chi connectivity index (χ4v) is 3.98. The van der Waals surface area contributed by atoms with Gasteiger partial charge in [0.25, 0.3) is 5.91 Å². The Morgan fingerprint density at radius 2 is 2.00 bits per heavy atom. The normalized spacial score (nSPS) is 17.4. The van der Waals surface area contributed by atoms with Crippen molar-refractivity contribution < 1.29 is 14.3 Å². The van der Waals surface area contributed by atoms with Gasteiger partial charge in [-0.15, -0.1) is 0 Å². The van der Waals surface area contributed by atoms with E-state index in [9.17, 15) is 9.59 Å². The number of aromatic amines is 1. The van der Waals surface area contributed by atoms with Crippen LogP contribution in [0.2, 0.25) is 5.02 Å². The molecule has 28 heavy (non-hydrogen) atoms. The van der Waals surface area contributed by atoms with Crippen LogP contribution >= 0.6 is 11.6 Å². The quantitative estimate of drug-likeness (QED) is 0.856. The minimum absolute atomic E-state index is 0.0230. The second-order valence-electron chi connectivity index (χ2n) is 7.31. The fraction of sp³-hybridized carbons (Fsp3) is 0.450. The van der Waals surface area contributed by atoms with E-state index >= 15 is 0 Å². The number of piperidine rings is 1. The summed E-state index contributed by atoms with van der Waals surface area (Å²) in [5.41, 5.74) is 2.61. The second-order valence-corrected chi connectivity index (χ2v) is 7.75. The molecule has 0 bridgehead atoms. The SMILES string of the molecule is CC(=O)N1CCC(Oc2ccc(Cl)cc2C(=O)N2CCc3[nH]ncc3C2)CC1. The lowest BCUT2D eigenvalue weighted by Crippen LogP contribution is -2.41. The first-order chi connectivity index (χ1) is 13.5. The average Bonchev–Trinajstić information content (AvgIpc) is 3.17. The number of halogens is 1. The smallest absolute Gasteiger partial charge is 0.257 e. The lowest BCUT2D eigenvalue weighted by atomic mass is 10.1. The maximum absolute atomic E-state index is 13.2. The van der Waals surface area contributed by atoms with Crippen LogP contribution in [0.1, 0.15) is 41.4 Å². The van der Waals surface area contributed by atoms with Crippen LogP contribution in [0.3, 0.4) is 0 Å². The van der Waals surface area contributed by atoms with Crippen LogP contribution in [0.5, 0.6) is 5.75 Å². The zero-order valence-electron chi connectivity index (χ0n) is 15.8. The highest BCUT2D eigenvalue weighted by atomic mass is 35.5. The molecule has 2 amide bonds. The maximum atomic E-state index is 13.2. The van der Waals surface area contributed by atoms with Gasteiger partial charge in [0, 0.05) is 68.6 Å². The molecule has 0 spiro atoms. The number of nitrogens with zero attached hydrogens (tertiary/aromatic N) is 3. The maximum Gasteiger partial charge on any atom is 0.257 e. The first-order valence-electron chi connectivity index (χ1n) is 9.53. The van der Waals surface area contributed by atoms with Crippen molar-refractivity contribution in [3.63, 3.8) is 0 Å². The van der Waals surface area contributed by atoms with Crippen LogP contribution in [0.4, 0.5) is 0 Å². The Morgan fingerprint density at radius 3 is 2.75 bits per heavy atom. The molecule has 2 aliphatic rings. The van der Waals surface area contributed by atoms with Crippen LogP contribution in [0, 0.1) is 0 Å². The van der Waals surface area contributed by atoms with Crippen molar-refractivity contribution in [2.45, 2.75) is 38.8 Å². The number of H-pyrrole nitrogens is 1. The summed E-state index contributed by atoms with van der Waals surface area (Å²) in [6.07, 6.45) is 4.00. The highest BCUT2D eigenvalue weighted by molar-refractivity contribution is 6.31. The Labute approximate surface area is 168 Å². The molecular weight excluding hydrogens is 380 g/mol. The van der Waals surface area contributed by atoms with E-state index in [1.54, 1.807) is 36.2 Å². The summed E-state index contributed by atoms with van der Waals surface area (Å²) in [6, 6.07) is 5.18. The van der Waals surface area contributed by atoms with Crippen molar-refractivity contribution in [3.8, 4) is 5.75 Å². The Morgan fingerprint density at radius 1 is 1.21 bits per heavy atom. The summed E-state index contributed by atoms with van der Waals surface area (Å²) in [6.45, 7) is 4.07. The number of likely N-dealkylation sites (tertiary alicyclic amines) is 1. The zero-order chi connectivity index (χ0) is 19.7. The van der Waals surface area contributed by atoms with E-state index in [1.165, 1.54) is 0 Å². The Balaban J connectivity index is 1.49. The number of amides is 2. The van der Waals surface area contributed by atoms with Gasteiger partial charge in [0.2, 0.25) is 5.91 Å². The van der Waals surface area contributed by atoms with Gasteiger partial charge >= 0.3 is 0 Å². The molecule has 0 aliphatic carbocycles. The minimum atomic E-state index is -0.0921. The summed E-state index contributed by atoms with van der Waals surface area (Å²) in [7, 11) is 0. The highest BCUT2D eigenvalue weighted by Gasteiger charge is 2.27. The van der Waals surface area contributed by atoms with E-state index in [2.05, 4.69) is 10.2 Å². The number of aromatic nitrogens is 2. The summed E-state index contributed by atoms with van der Waals surface area (Å²) < 4.78 is 6.17. The Kier molecular flexibility index (Phi) is 5.26. The molecule has 1 aromatic heterocycles. The van der Waals surface area contributed by atoms with Gasteiger partial charge in [0.15, 0.2) is 0 Å². The van der Waals surface area contributed by atoms with Crippen LogP contribution < -0.4 is 4.74 Å². The highest BCUT2D eigenvalue weighted by Crippen LogP contribution is 2.29. The topological polar surface area (TPSA) is 78.5 Å².